The Morgan fingerprint density at radius 1 is 1.34 bits per heavy atom. The molecule has 1 amide bonds. The van der Waals surface area contributed by atoms with Gasteiger partial charge in [-0.05, 0) is 55.5 Å². The minimum Gasteiger partial charge on any atom is -0.480 e. The van der Waals surface area contributed by atoms with Gasteiger partial charge in [0.15, 0.2) is 0 Å². The standard InChI is InChI=1S/C22H16BrN3O2S/c1-2-9-28-19-8-7-16(23)11-14(19)10-15(12-24)21(27)26-22-18(13-25)17-5-3-4-6-20(17)29-22/h1,7-8,10-11H,3-6,9H2,(H,26,27)/b15-10+. The van der Waals surface area contributed by atoms with Crippen molar-refractivity contribution >= 4 is 44.3 Å². The topological polar surface area (TPSA) is 85.9 Å². The van der Waals surface area contributed by atoms with Crippen molar-refractivity contribution in [2.45, 2.75) is 25.7 Å². The lowest BCUT2D eigenvalue weighted by Gasteiger charge is -2.09. The van der Waals surface area contributed by atoms with E-state index < -0.39 is 5.91 Å². The summed E-state index contributed by atoms with van der Waals surface area (Å²) >= 11 is 4.80. The van der Waals surface area contributed by atoms with Crippen LogP contribution in [0.15, 0.2) is 28.2 Å². The number of nitrogens with zero attached hydrogens (tertiary/aromatic N) is 2. The van der Waals surface area contributed by atoms with E-state index in [0.717, 1.165) is 40.6 Å². The van der Waals surface area contributed by atoms with Crippen LogP contribution >= 0.6 is 27.3 Å². The molecule has 29 heavy (non-hydrogen) atoms. The zero-order valence-electron chi connectivity index (χ0n) is 15.4. The summed E-state index contributed by atoms with van der Waals surface area (Å²) in [5, 5.41) is 22.3. The maximum Gasteiger partial charge on any atom is 0.266 e. The number of hydrogen-bond donors (Lipinski definition) is 1. The van der Waals surface area contributed by atoms with E-state index in [0.29, 0.717) is 21.9 Å². The predicted molar refractivity (Wildman–Crippen MR) is 116 cm³/mol. The van der Waals surface area contributed by atoms with Gasteiger partial charge >= 0.3 is 0 Å². The smallest absolute Gasteiger partial charge is 0.266 e. The highest BCUT2D eigenvalue weighted by atomic mass is 79.9. The van der Waals surface area contributed by atoms with Gasteiger partial charge in [0, 0.05) is 14.9 Å². The molecule has 144 valence electrons. The Kier molecular flexibility index (Phi) is 6.73. The molecule has 0 fully saturated rings. The second kappa shape index (κ2) is 9.43. The average molecular weight is 466 g/mol. The SMILES string of the molecule is C#CCOc1ccc(Br)cc1/C=C(\C#N)C(=O)Nc1sc2c(c1C#N)CCCC2. The van der Waals surface area contributed by atoms with Crippen molar-refractivity contribution in [3.63, 3.8) is 0 Å². The highest BCUT2D eigenvalue weighted by Crippen LogP contribution is 2.37. The molecular formula is C22H16BrN3O2S. The van der Waals surface area contributed by atoms with Crippen LogP contribution in [0.1, 0.15) is 34.4 Å². The number of benzene rings is 1. The molecule has 0 spiro atoms. The molecule has 0 saturated heterocycles. The van der Waals surface area contributed by atoms with Gasteiger partial charge in [-0.25, -0.2) is 0 Å². The number of terminal acetylenes is 1. The van der Waals surface area contributed by atoms with Crippen molar-refractivity contribution in [3.05, 3.63) is 49.8 Å². The fourth-order valence-electron chi connectivity index (χ4n) is 3.13. The quantitative estimate of drug-likeness (QED) is 0.389. The largest absolute Gasteiger partial charge is 0.480 e. The summed E-state index contributed by atoms with van der Waals surface area (Å²) < 4.78 is 6.26. The lowest BCUT2D eigenvalue weighted by molar-refractivity contribution is -0.112. The Bertz CT molecular complexity index is 1110. The van der Waals surface area contributed by atoms with E-state index in [-0.39, 0.29) is 12.2 Å². The summed E-state index contributed by atoms with van der Waals surface area (Å²) in [6, 6.07) is 9.37. The first-order chi connectivity index (χ1) is 14.1. The Morgan fingerprint density at radius 2 is 2.14 bits per heavy atom. The van der Waals surface area contributed by atoms with Gasteiger partial charge in [-0.3, -0.25) is 4.79 Å². The summed E-state index contributed by atoms with van der Waals surface area (Å²) in [7, 11) is 0. The van der Waals surface area contributed by atoms with E-state index in [1.807, 2.05) is 6.07 Å². The van der Waals surface area contributed by atoms with E-state index in [1.54, 1.807) is 18.2 Å². The molecule has 1 aromatic heterocycles. The van der Waals surface area contributed by atoms with Crippen LogP contribution in [0.4, 0.5) is 5.00 Å². The second-order valence-electron chi connectivity index (χ2n) is 6.33. The van der Waals surface area contributed by atoms with Crippen LogP contribution in [-0.4, -0.2) is 12.5 Å². The van der Waals surface area contributed by atoms with Gasteiger partial charge in [-0.1, -0.05) is 21.9 Å². The summed E-state index contributed by atoms with van der Waals surface area (Å²) in [6.07, 6.45) is 10.6. The predicted octanol–water partition coefficient (Wildman–Crippen LogP) is 4.82. The molecule has 5 nitrogen and oxygen atoms in total. The summed E-state index contributed by atoms with van der Waals surface area (Å²) in [4.78, 5) is 13.9. The van der Waals surface area contributed by atoms with Gasteiger partial charge in [0.25, 0.3) is 5.91 Å². The lowest BCUT2D eigenvalue weighted by atomic mass is 9.96. The summed E-state index contributed by atoms with van der Waals surface area (Å²) in [6.45, 7) is 0.0723. The molecule has 0 radical (unpaired) electrons. The number of aryl methyl sites for hydroxylation is 1. The van der Waals surface area contributed by atoms with Crippen molar-refractivity contribution < 1.29 is 9.53 Å². The molecular weight excluding hydrogens is 450 g/mol. The number of amides is 1. The molecule has 2 aromatic rings. The van der Waals surface area contributed by atoms with Gasteiger partial charge in [0.05, 0.1) is 5.56 Å². The normalized spacial score (nSPS) is 12.8. The fraction of sp³-hybridized carbons (Fsp3) is 0.227. The Labute approximate surface area is 181 Å². The Hall–Kier alpha value is -3.05. The highest BCUT2D eigenvalue weighted by Gasteiger charge is 2.22. The first-order valence-electron chi connectivity index (χ1n) is 8.91. The maximum atomic E-state index is 12.7. The number of rotatable bonds is 5. The molecule has 0 saturated carbocycles. The van der Waals surface area contributed by atoms with Gasteiger partial charge in [-0.15, -0.1) is 17.8 Å². The zero-order valence-corrected chi connectivity index (χ0v) is 17.8. The van der Waals surface area contributed by atoms with E-state index in [1.165, 1.54) is 17.4 Å². The van der Waals surface area contributed by atoms with Crippen LogP contribution in [0.3, 0.4) is 0 Å². The molecule has 7 heteroatoms. The lowest BCUT2D eigenvalue weighted by Crippen LogP contribution is -2.13. The van der Waals surface area contributed by atoms with E-state index in [9.17, 15) is 15.3 Å². The number of hydrogen-bond acceptors (Lipinski definition) is 5. The molecule has 1 aromatic carbocycles. The van der Waals surface area contributed by atoms with Crippen LogP contribution in [0.5, 0.6) is 5.75 Å². The minimum atomic E-state index is -0.564. The molecule has 0 unspecified atom stereocenters. The van der Waals surface area contributed by atoms with E-state index in [4.69, 9.17) is 11.2 Å². The van der Waals surface area contributed by atoms with E-state index in [2.05, 4.69) is 33.2 Å². The molecule has 1 aliphatic rings. The van der Waals surface area contributed by atoms with Crippen molar-refractivity contribution in [2.24, 2.45) is 0 Å². The van der Waals surface area contributed by atoms with Gasteiger partial charge in [0.1, 0.15) is 35.1 Å². The van der Waals surface area contributed by atoms with Crippen LogP contribution in [0.2, 0.25) is 0 Å². The van der Waals surface area contributed by atoms with Crippen LogP contribution in [0.25, 0.3) is 6.08 Å². The first kappa shape index (κ1) is 20.7. The molecule has 1 aliphatic carbocycles. The van der Waals surface area contributed by atoms with Gasteiger partial charge in [0.2, 0.25) is 0 Å². The van der Waals surface area contributed by atoms with Crippen LogP contribution in [-0.2, 0) is 17.6 Å². The molecule has 1 N–H and O–H groups in total. The minimum absolute atomic E-state index is 0.0723. The van der Waals surface area contributed by atoms with Crippen molar-refractivity contribution in [1.29, 1.82) is 10.5 Å². The number of fused-ring (bicyclic) bond motifs is 1. The monoisotopic (exact) mass is 465 g/mol. The third-order valence-electron chi connectivity index (χ3n) is 4.46. The fourth-order valence-corrected chi connectivity index (χ4v) is 4.74. The van der Waals surface area contributed by atoms with Crippen LogP contribution in [0, 0.1) is 35.0 Å². The molecule has 3 rings (SSSR count). The maximum absolute atomic E-state index is 12.7. The molecule has 0 bridgehead atoms. The first-order valence-corrected chi connectivity index (χ1v) is 10.5. The van der Waals surface area contributed by atoms with Crippen molar-refractivity contribution in [1.82, 2.24) is 0 Å². The number of thiophene rings is 1. The van der Waals surface area contributed by atoms with E-state index >= 15 is 0 Å². The average Bonchev–Trinajstić information content (AvgIpc) is 3.08. The molecule has 1 heterocycles. The Balaban J connectivity index is 1.90. The molecule has 0 aliphatic heterocycles. The van der Waals surface area contributed by atoms with Crippen molar-refractivity contribution in [3.8, 4) is 30.2 Å². The molecule has 0 atom stereocenters. The number of nitrogens with one attached hydrogen (secondary N) is 1. The van der Waals surface area contributed by atoms with Gasteiger partial charge < -0.3 is 10.1 Å². The number of nitriles is 2. The number of ether oxygens (including phenoxy) is 1. The Morgan fingerprint density at radius 3 is 2.86 bits per heavy atom. The number of halogens is 1. The number of anilines is 1. The third-order valence-corrected chi connectivity index (χ3v) is 6.16. The van der Waals surface area contributed by atoms with Gasteiger partial charge in [-0.2, -0.15) is 10.5 Å². The van der Waals surface area contributed by atoms with Crippen molar-refractivity contribution in [2.75, 3.05) is 11.9 Å². The highest BCUT2D eigenvalue weighted by molar-refractivity contribution is 9.10. The van der Waals surface area contributed by atoms with Crippen LogP contribution < -0.4 is 10.1 Å². The zero-order chi connectivity index (χ0) is 20.8. The second-order valence-corrected chi connectivity index (χ2v) is 8.35. The summed E-state index contributed by atoms with van der Waals surface area (Å²) in [5.41, 5.74) is 1.99. The third kappa shape index (κ3) is 4.69. The summed E-state index contributed by atoms with van der Waals surface area (Å²) in [5.74, 6) is 2.29. The number of carbonyl (C=O) groups is 1. The number of carbonyl (C=O) groups excluding carboxylic acids is 1.